The van der Waals surface area contributed by atoms with E-state index in [1.165, 1.54) is 0 Å². The maximum Gasteiger partial charge on any atom is 0.494 e. The first-order chi connectivity index (χ1) is 9.36. The Kier molecular flexibility index (Phi) is 4.24. The van der Waals surface area contributed by atoms with E-state index in [1.807, 2.05) is 31.3 Å². The van der Waals surface area contributed by atoms with Gasteiger partial charge in [-0.3, -0.25) is 0 Å². The lowest BCUT2D eigenvalue weighted by Gasteiger charge is -2.32. The highest BCUT2D eigenvalue weighted by molar-refractivity contribution is 6.62. The van der Waals surface area contributed by atoms with Crippen LogP contribution in [-0.2, 0) is 9.31 Å². The van der Waals surface area contributed by atoms with Crippen molar-refractivity contribution in [2.75, 3.05) is 13.6 Å². The Hall–Kier alpha value is -1.28. The summed E-state index contributed by atoms with van der Waals surface area (Å²) in [5, 5.41) is 3.01. The van der Waals surface area contributed by atoms with Crippen LogP contribution in [0, 0.1) is 11.8 Å². The second-order valence-electron chi connectivity index (χ2n) is 6.05. The number of hydrogen-bond acceptors (Lipinski definition) is 3. The summed E-state index contributed by atoms with van der Waals surface area (Å²) in [7, 11) is 1.56. The van der Waals surface area contributed by atoms with Crippen molar-refractivity contribution in [3.8, 4) is 11.8 Å². The lowest BCUT2D eigenvalue weighted by molar-refractivity contribution is 0.00578. The quantitative estimate of drug-likeness (QED) is 0.654. The lowest BCUT2D eigenvalue weighted by atomic mass is 9.78. The second-order valence-corrected chi connectivity index (χ2v) is 6.05. The predicted octanol–water partition coefficient (Wildman–Crippen LogP) is 1.56. The highest BCUT2D eigenvalue weighted by Crippen LogP contribution is 2.36. The number of nitrogens with one attached hydrogen (secondary N) is 1. The fourth-order valence-electron chi connectivity index (χ4n) is 1.98. The summed E-state index contributed by atoms with van der Waals surface area (Å²) in [6.07, 6.45) is 0. The van der Waals surface area contributed by atoms with Crippen LogP contribution in [0.3, 0.4) is 0 Å². The van der Waals surface area contributed by atoms with E-state index in [0.717, 1.165) is 11.0 Å². The Balaban J connectivity index is 2.19. The third-order valence-electron chi connectivity index (χ3n) is 3.91. The van der Waals surface area contributed by atoms with Crippen LogP contribution in [0.2, 0.25) is 0 Å². The minimum atomic E-state index is -0.328. The zero-order chi connectivity index (χ0) is 14.8. The molecule has 1 aromatic rings. The van der Waals surface area contributed by atoms with Gasteiger partial charge in [0, 0.05) is 5.56 Å². The third-order valence-corrected chi connectivity index (χ3v) is 3.91. The molecule has 1 heterocycles. The Bertz CT molecular complexity index is 527. The average molecular weight is 271 g/mol. The van der Waals surface area contributed by atoms with E-state index >= 15 is 0 Å². The predicted molar refractivity (Wildman–Crippen MR) is 83.0 cm³/mol. The highest BCUT2D eigenvalue weighted by atomic mass is 16.7. The SMILES string of the molecule is CNCC#Cc1cccc(B2OC(C)(C)C(C)(C)O2)c1. The van der Waals surface area contributed by atoms with Crippen LogP contribution in [0.25, 0.3) is 0 Å². The molecule has 1 N–H and O–H groups in total. The summed E-state index contributed by atoms with van der Waals surface area (Å²) < 4.78 is 12.1. The summed E-state index contributed by atoms with van der Waals surface area (Å²) in [6, 6.07) is 8.04. The molecule has 0 aliphatic carbocycles. The molecular weight excluding hydrogens is 249 g/mol. The van der Waals surface area contributed by atoms with Crippen molar-refractivity contribution in [2.24, 2.45) is 0 Å². The molecule has 2 rings (SSSR count). The van der Waals surface area contributed by atoms with E-state index in [1.54, 1.807) is 0 Å². The van der Waals surface area contributed by atoms with E-state index in [4.69, 9.17) is 9.31 Å². The van der Waals surface area contributed by atoms with E-state index in [0.29, 0.717) is 6.54 Å². The molecule has 1 aliphatic rings. The molecule has 0 atom stereocenters. The summed E-state index contributed by atoms with van der Waals surface area (Å²) in [5.41, 5.74) is 1.36. The fraction of sp³-hybridized carbons (Fsp3) is 0.500. The maximum atomic E-state index is 6.05. The van der Waals surface area contributed by atoms with Crippen LogP contribution in [0.1, 0.15) is 33.3 Å². The van der Waals surface area contributed by atoms with Gasteiger partial charge in [0.1, 0.15) is 0 Å². The smallest absolute Gasteiger partial charge is 0.399 e. The summed E-state index contributed by atoms with van der Waals surface area (Å²) in [5.74, 6) is 6.19. The molecule has 0 radical (unpaired) electrons. The molecular formula is C16H22BNO2. The van der Waals surface area contributed by atoms with Crippen molar-refractivity contribution >= 4 is 12.6 Å². The molecule has 3 nitrogen and oxygen atoms in total. The molecule has 0 aromatic heterocycles. The van der Waals surface area contributed by atoms with Crippen molar-refractivity contribution in [1.29, 1.82) is 0 Å². The molecule has 0 amide bonds. The Labute approximate surface area is 122 Å². The van der Waals surface area contributed by atoms with Crippen molar-refractivity contribution < 1.29 is 9.31 Å². The molecule has 1 fully saturated rings. The van der Waals surface area contributed by atoms with Gasteiger partial charge in [-0.25, -0.2) is 0 Å². The minimum Gasteiger partial charge on any atom is -0.399 e. The van der Waals surface area contributed by atoms with Gasteiger partial charge < -0.3 is 14.6 Å². The zero-order valence-electron chi connectivity index (χ0n) is 12.9. The van der Waals surface area contributed by atoms with Gasteiger partial charge in [0.15, 0.2) is 0 Å². The molecule has 1 aliphatic heterocycles. The zero-order valence-corrected chi connectivity index (χ0v) is 12.9. The van der Waals surface area contributed by atoms with Gasteiger partial charge >= 0.3 is 7.12 Å². The van der Waals surface area contributed by atoms with Gasteiger partial charge in [0.2, 0.25) is 0 Å². The molecule has 20 heavy (non-hydrogen) atoms. The molecule has 1 saturated heterocycles. The summed E-state index contributed by atoms with van der Waals surface area (Å²) >= 11 is 0. The molecule has 106 valence electrons. The number of benzene rings is 1. The van der Waals surface area contributed by atoms with Crippen LogP contribution in [-0.4, -0.2) is 31.9 Å². The summed E-state index contributed by atoms with van der Waals surface area (Å²) in [4.78, 5) is 0. The first kappa shape index (κ1) is 15.1. The highest BCUT2D eigenvalue weighted by Gasteiger charge is 2.51. The topological polar surface area (TPSA) is 30.5 Å². The summed E-state index contributed by atoms with van der Waals surface area (Å²) in [6.45, 7) is 8.92. The van der Waals surface area contributed by atoms with Crippen molar-refractivity contribution in [3.05, 3.63) is 29.8 Å². The van der Waals surface area contributed by atoms with E-state index < -0.39 is 0 Å². The van der Waals surface area contributed by atoms with Crippen molar-refractivity contribution in [3.63, 3.8) is 0 Å². The van der Waals surface area contributed by atoms with Crippen molar-refractivity contribution in [2.45, 2.75) is 38.9 Å². The van der Waals surface area contributed by atoms with Crippen LogP contribution in [0.4, 0.5) is 0 Å². The van der Waals surface area contributed by atoms with E-state index in [-0.39, 0.29) is 18.3 Å². The largest absolute Gasteiger partial charge is 0.494 e. The lowest BCUT2D eigenvalue weighted by Crippen LogP contribution is -2.41. The average Bonchev–Trinajstić information content (AvgIpc) is 2.59. The standard InChI is InChI=1S/C16H22BNO2/c1-15(2)16(3,4)20-17(19-15)14-10-6-8-13(12-14)9-7-11-18-5/h6,8,10,12,18H,11H2,1-5H3. The Morgan fingerprint density at radius 3 is 2.40 bits per heavy atom. The van der Waals surface area contributed by atoms with Gasteiger partial charge in [0.25, 0.3) is 0 Å². The third kappa shape index (κ3) is 3.07. The molecule has 0 unspecified atom stereocenters. The maximum absolute atomic E-state index is 6.05. The molecule has 0 spiro atoms. The van der Waals surface area contributed by atoms with Gasteiger partial charge in [-0.1, -0.05) is 24.0 Å². The number of rotatable bonds is 2. The Morgan fingerprint density at radius 1 is 1.15 bits per heavy atom. The Morgan fingerprint density at radius 2 is 1.80 bits per heavy atom. The molecule has 0 bridgehead atoms. The van der Waals surface area contributed by atoms with Gasteiger partial charge in [-0.15, -0.1) is 0 Å². The van der Waals surface area contributed by atoms with E-state index in [2.05, 4.69) is 44.9 Å². The molecule has 0 saturated carbocycles. The minimum absolute atomic E-state index is 0.314. The van der Waals surface area contributed by atoms with Gasteiger partial charge in [0.05, 0.1) is 17.7 Å². The van der Waals surface area contributed by atoms with Gasteiger partial charge in [-0.2, -0.15) is 0 Å². The van der Waals surface area contributed by atoms with Crippen LogP contribution in [0.5, 0.6) is 0 Å². The second kappa shape index (κ2) is 5.61. The normalized spacial score (nSPS) is 19.6. The number of hydrogen-bond donors (Lipinski definition) is 1. The van der Waals surface area contributed by atoms with Crippen LogP contribution < -0.4 is 10.8 Å². The van der Waals surface area contributed by atoms with Crippen LogP contribution in [0.15, 0.2) is 24.3 Å². The first-order valence-electron chi connectivity index (χ1n) is 6.95. The monoisotopic (exact) mass is 271 g/mol. The first-order valence-corrected chi connectivity index (χ1v) is 6.95. The van der Waals surface area contributed by atoms with E-state index in [9.17, 15) is 0 Å². The molecule has 4 heteroatoms. The van der Waals surface area contributed by atoms with Crippen LogP contribution >= 0.6 is 0 Å². The van der Waals surface area contributed by atoms with Gasteiger partial charge in [-0.05, 0) is 52.3 Å². The molecule has 1 aromatic carbocycles. The van der Waals surface area contributed by atoms with Crippen molar-refractivity contribution in [1.82, 2.24) is 5.32 Å². The fourth-order valence-corrected chi connectivity index (χ4v) is 1.98.